The SMILES string of the molecule is Clc1cccnc1[C@@H]1CCC[C@H](c2cccc(Cc3ncccn3)n2)N1. The normalized spacial score (nSPS) is 20.0. The highest BCUT2D eigenvalue weighted by Crippen LogP contribution is 2.33. The molecular formula is C20H20ClN5. The first-order chi connectivity index (χ1) is 12.8. The Balaban J connectivity index is 1.52. The van der Waals surface area contributed by atoms with E-state index < -0.39 is 0 Å². The Morgan fingerprint density at radius 2 is 1.73 bits per heavy atom. The third kappa shape index (κ3) is 3.89. The van der Waals surface area contributed by atoms with Crippen LogP contribution in [0.15, 0.2) is 55.0 Å². The molecule has 3 aromatic rings. The van der Waals surface area contributed by atoms with Gasteiger partial charge in [-0.05, 0) is 49.6 Å². The Morgan fingerprint density at radius 1 is 0.923 bits per heavy atom. The van der Waals surface area contributed by atoms with Gasteiger partial charge in [0.05, 0.1) is 28.9 Å². The standard InChI is InChI=1S/C20H20ClN5/c21-15-6-3-10-24-20(15)18-9-2-8-17(26-18)16-7-1-5-14(25-16)13-19-22-11-4-12-23-19/h1,3-7,10-12,17-18,26H,2,8-9,13H2/t17-,18+/m1/s1. The van der Waals surface area contributed by atoms with Crippen LogP contribution in [0.2, 0.25) is 5.02 Å². The van der Waals surface area contributed by atoms with Crippen molar-refractivity contribution in [3.63, 3.8) is 0 Å². The van der Waals surface area contributed by atoms with E-state index in [1.807, 2.05) is 24.3 Å². The van der Waals surface area contributed by atoms with Gasteiger partial charge in [-0.3, -0.25) is 9.97 Å². The third-order valence-electron chi connectivity index (χ3n) is 4.65. The molecule has 0 unspecified atom stereocenters. The van der Waals surface area contributed by atoms with Gasteiger partial charge in [0.15, 0.2) is 0 Å². The molecule has 0 bridgehead atoms. The number of rotatable bonds is 4. The Kier molecular flexibility index (Phi) is 5.18. The van der Waals surface area contributed by atoms with Crippen molar-refractivity contribution in [3.05, 3.63) is 82.9 Å². The van der Waals surface area contributed by atoms with Crippen LogP contribution in [-0.4, -0.2) is 19.9 Å². The van der Waals surface area contributed by atoms with E-state index in [0.717, 1.165) is 42.2 Å². The predicted molar refractivity (Wildman–Crippen MR) is 101 cm³/mol. The van der Waals surface area contributed by atoms with Gasteiger partial charge in [0.1, 0.15) is 5.82 Å². The molecule has 1 saturated heterocycles. The van der Waals surface area contributed by atoms with Gasteiger partial charge in [0.25, 0.3) is 0 Å². The molecule has 0 saturated carbocycles. The Labute approximate surface area is 157 Å². The number of nitrogens with one attached hydrogen (secondary N) is 1. The van der Waals surface area contributed by atoms with Crippen LogP contribution in [0, 0.1) is 0 Å². The first kappa shape index (κ1) is 17.1. The lowest BCUT2D eigenvalue weighted by Gasteiger charge is -2.31. The molecule has 1 fully saturated rings. The van der Waals surface area contributed by atoms with E-state index in [4.69, 9.17) is 16.6 Å². The monoisotopic (exact) mass is 365 g/mol. The van der Waals surface area contributed by atoms with Crippen LogP contribution in [0.5, 0.6) is 0 Å². The second-order valence-corrected chi connectivity index (χ2v) is 6.88. The van der Waals surface area contributed by atoms with E-state index in [1.54, 1.807) is 18.6 Å². The van der Waals surface area contributed by atoms with E-state index in [1.165, 1.54) is 0 Å². The first-order valence-corrected chi connectivity index (χ1v) is 9.25. The molecule has 0 amide bonds. The van der Waals surface area contributed by atoms with Gasteiger partial charge in [0.2, 0.25) is 0 Å². The molecule has 3 aromatic heterocycles. The number of hydrogen-bond acceptors (Lipinski definition) is 5. The molecule has 5 nitrogen and oxygen atoms in total. The number of halogens is 1. The lowest BCUT2D eigenvalue weighted by Crippen LogP contribution is -2.32. The van der Waals surface area contributed by atoms with Crippen molar-refractivity contribution in [2.75, 3.05) is 0 Å². The molecular weight excluding hydrogens is 346 g/mol. The van der Waals surface area contributed by atoms with Gasteiger partial charge in [0, 0.05) is 30.3 Å². The Hall–Kier alpha value is -2.37. The third-order valence-corrected chi connectivity index (χ3v) is 4.97. The summed E-state index contributed by atoms with van der Waals surface area (Å²) in [5.74, 6) is 0.784. The Bertz CT molecular complexity index is 871. The summed E-state index contributed by atoms with van der Waals surface area (Å²) in [6.45, 7) is 0. The maximum atomic E-state index is 6.33. The summed E-state index contributed by atoms with van der Waals surface area (Å²) in [7, 11) is 0. The zero-order valence-corrected chi connectivity index (χ0v) is 15.1. The van der Waals surface area contributed by atoms with Crippen LogP contribution in [0.4, 0.5) is 0 Å². The summed E-state index contributed by atoms with van der Waals surface area (Å²) >= 11 is 6.33. The number of pyridine rings is 2. The van der Waals surface area contributed by atoms with E-state index in [0.29, 0.717) is 11.4 Å². The minimum atomic E-state index is 0.158. The van der Waals surface area contributed by atoms with Gasteiger partial charge >= 0.3 is 0 Å². The molecule has 4 rings (SSSR count). The number of hydrogen-bond donors (Lipinski definition) is 1. The largest absolute Gasteiger partial charge is 0.300 e. The highest BCUT2D eigenvalue weighted by atomic mass is 35.5. The van der Waals surface area contributed by atoms with Crippen molar-refractivity contribution in [2.45, 2.75) is 37.8 Å². The van der Waals surface area contributed by atoms with E-state index in [2.05, 4.69) is 32.4 Å². The van der Waals surface area contributed by atoms with Crippen LogP contribution in [0.25, 0.3) is 0 Å². The molecule has 1 N–H and O–H groups in total. The summed E-state index contributed by atoms with van der Waals surface area (Å²) < 4.78 is 0. The molecule has 132 valence electrons. The minimum Gasteiger partial charge on any atom is -0.300 e. The van der Waals surface area contributed by atoms with Crippen molar-refractivity contribution in [1.29, 1.82) is 0 Å². The highest BCUT2D eigenvalue weighted by Gasteiger charge is 2.26. The van der Waals surface area contributed by atoms with Crippen LogP contribution in [0.1, 0.15) is 54.3 Å². The quantitative estimate of drug-likeness (QED) is 0.755. The van der Waals surface area contributed by atoms with Gasteiger partial charge < -0.3 is 5.32 Å². The summed E-state index contributed by atoms with van der Waals surface area (Å²) in [4.78, 5) is 17.9. The molecule has 6 heteroatoms. The fraction of sp³-hybridized carbons (Fsp3) is 0.300. The maximum absolute atomic E-state index is 6.33. The smallest absolute Gasteiger partial charge is 0.134 e. The van der Waals surface area contributed by atoms with Crippen LogP contribution in [-0.2, 0) is 6.42 Å². The van der Waals surface area contributed by atoms with Crippen LogP contribution in [0.3, 0.4) is 0 Å². The number of piperidine rings is 1. The molecule has 2 atom stereocenters. The van der Waals surface area contributed by atoms with Crippen molar-refractivity contribution < 1.29 is 0 Å². The van der Waals surface area contributed by atoms with Crippen molar-refractivity contribution in [2.24, 2.45) is 0 Å². The fourth-order valence-corrected chi connectivity index (χ4v) is 3.67. The lowest BCUT2D eigenvalue weighted by atomic mass is 9.94. The van der Waals surface area contributed by atoms with Gasteiger partial charge in [-0.2, -0.15) is 0 Å². The summed E-state index contributed by atoms with van der Waals surface area (Å²) in [6, 6.07) is 12.1. The van der Waals surface area contributed by atoms with Crippen molar-refractivity contribution >= 4 is 11.6 Å². The Morgan fingerprint density at radius 3 is 2.58 bits per heavy atom. The zero-order valence-electron chi connectivity index (χ0n) is 14.3. The van der Waals surface area contributed by atoms with E-state index >= 15 is 0 Å². The van der Waals surface area contributed by atoms with Gasteiger partial charge in [-0.15, -0.1) is 0 Å². The molecule has 1 aliphatic heterocycles. The maximum Gasteiger partial charge on any atom is 0.134 e. The second-order valence-electron chi connectivity index (χ2n) is 6.47. The van der Waals surface area contributed by atoms with Crippen molar-refractivity contribution in [1.82, 2.24) is 25.3 Å². The molecule has 0 radical (unpaired) electrons. The van der Waals surface area contributed by atoms with Crippen molar-refractivity contribution in [3.8, 4) is 0 Å². The highest BCUT2D eigenvalue weighted by molar-refractivity contribution is 6.31. The average molecular weight is 366 g/mol. The molecule has 0 spiro atoms. The molecule has 0 aromatic carbocycles. The first-order valence-electron chi connectivity index (χ1n) is 8.88. The van der Waals surface area contributed by atoms with Crippen LogP contribution >= 0.6 is 11.6 Å². The average Bonchev–Trinajstić information content (AvgIpc) is 2.69. The lowest BCUT2D eigenvalue weighted by molar-refractivity contribution is 0.321. The molecule has 1 aliphatic rings. The predicted octanol–water partition coefficient (Wildman–Crippen LogP) is 4.07. The van der Waals surface area contributed by atoms with Crippen LogP contribution < -0.4 is 5.32 Å². The topological polar surface area (TPSA) is 63.6 Å². The summed E-state index contributed by atoms with van der Waals surface area (Å²) in [5.41, 5.74) is 2.95. The zero-order chi connectivity index (χ0) is 17.8. The molecule has 26 heavy (non-hydrogen) atoms. The van der Waals surface area contributed by atoms with E-state index in [-0.39, 0.29) is 12.1 Å². The van der Waals surface area contributed by atoms with Gasteiger partial charge in [-0.25, -0.2) is 9.97 Å². The summed E-state index contributed by atoms with van der Waals surface area (Å²) in [5, 5.41) is 4.39. The molecule has 4 heterocycles. The molecule has 0 aliphatic carbocycles. The van der Waals surface area contributed by atoms with E-state index in [9.17, 15) is 0 Å². The summed E-state index contributed by atoms with van der Waals surface area (Å²) in [6.07, 6.45) is 9.15. The van der Waals surface area contributed by atoms with Gasteiger partial charge in [-0.1, -0.05) is 17.7 Å². The second kappa shape index (κ2) is 7.89. The number of nitrogens with zero attached hydrogens (tertiary/aromatic N) is 4. The fourth-order valence-electron chi connectivity index (χ4n) is 3.41. The minimum absolute atomic E-state index is 0.158. The number of aromatic nitrogens is 4.